The Kier molecular flexibility index (Phi) is 5.54. The molecule has 23 heavy (non-hydrogen) atoms. The highest BCUT2D eigenvalue weighted by molar-refractivity contribution is 5.39. The summed E-state index contributed by atoms with van der Waals surface area (Å²) in [6.07, 6.45) is 7.51. The number of nitrogens with zero attached hydrogens (tertiary/aromatic N) is 3. The zero-order valence-corrected chi connectivity index (χ0v) is 15.0. The second-order valence-corrected chi connectivity index (χ2v) is 7.63. The number of nitrogens with one attached hydrogen (secondary N) is 1. The van der Waals surface area contributed by atoms with Gasteiger partial charge in [0.1, 0.15) is 5.82 Å². The van der Waals surface area contributed by atoms with E-state index < -0.39 is 0 Å². The second kappa shape index (κ2) is 7.63. The van der Waals surface area contributed by atoms with E-state index in [2.05, 4.69) is 53.1 Å². The summed E-state index contributed by atoms with van der Waals surface area (Å²) < 4.78 is 0. The maximum atomic E-state index is 4.62. The lowest BCUT2D eigenvalue weighted by Crippen LogP contribution is -2.42. The van der Waals surface area contributed by atoms with E-state index in [9.17, 15) is 0 Å². The summed E-state index contributed by atoms with van der Waals surface area (Å²) in [6.45, 7) is 9.08. The van der Waals surface area contributed by atoms with E-state index >= 15 is 0 Å². The average Bonchev–Trinajstić information content (AvgIpc) is 3.38. The molecule has 0 spiro atoms. The molecule has 3 rings (SSSR count). The molecule has 0 bridgehead atoms. The molecule has 1 aliphatic heterocycles. The van der Waals surface area contributed by atoms with Crippen molar-refractivity contribution in [2.45, 2.75) is 58.2 Å². The van der Waals surface area contributed by atoms with Gasteiger partial charge in [0.2, 0.25) is 0 Å². The van der Waals surface area contributed by atoms with Gasteiger partial charge in [0, 0.05) is 31.9 Å². The first-order chi connectivity index (χ1) is 11.1. The zero-order chi connectivity index (χ0) is 16.2. The molecule has 1 saturated heterocycles. The van der Waals surface area contributed by atoms with E-state index in [4.69, 9.17) is 0 Å². The van der Waals surface area contributed by atoms with Crippen LogP contribution in [0.4, 0.5) is 5.82 Å². The Morgan fingerprint density at radius 3 is 2.52 bits per heavy atom. The Morgan fingerprint density at radius 2 is 1.96 bits per heavy atom. The Labute approximate surface area is 141 Å². The van der Waals surface area contributed by atoms with E-state index in [0.717, 1.165) is 24.3 Å². The molecule has 1 aliphatic carbocycles. The predicted octanol–water partition coefficient (Wildman–Crippen LogP) is 2.89. The quantitative estimate of drug-likeness (QED) is 0.838. The molecule has 4 heteroatoms. The van der Waals surface area contributed by atoms with Gasteiger partial charge in [-0.15, -0.1) is 0 Å². The van der Waals surface area contributed by atoms with Crippen LogP contribution >= 0.6 is 0 Å². The van der Waals surface area contributed by atoms with Crippen LogP contribution in [0.3, 0.4) is 0 Å². The smallest absolute Gasteiger partial charge is 0.128 e. The Hall–Kier alpha value is -1.13. The van der Waals surface area contributed by atoms with Crippen molar-refractivity contribution in [1.82, 2.24) is 15.2 Å². The summed E-state index contributed by atoms with van der Waals surface area (Å²) >= 11 is 0. The first-order valence-corrected chi connectivity index (χ1v) is 9.25. The molecule has 1 saturated carbocycles. The van der Waals surface area contributed by atoms with E-state index in [1.807, 2.05) is 6.20 Å². The predicted molar refractivity (Wildman–Crippen MR) is 96.8 cm³/mol. The summed E-state index contributed by atoms with van der Waals surface area (Å²) in [6, 6.07) is 5.61. The van der Waals surface area contributed by atoms with Crippen molar-refractivity contribution >= 4 is 5.82 Å². The first-order valence-electron chi connectivity index (χ1n) is 9.25. The van der Waals surface area contributed by atoms with Gasteiger partial charge in [-0.05, 0) is 76.7 Å². The molecule has 128 valence electrons. The van der Waals surface area contributed by atoms with Crippen molar-refractivity contribution in [2.75, 3.05) is 31.6 Å². The van der Waals surface area contributed by atoms with Crippen LogP contribution in [-0.2, 0) is 6.54 Å². The van der Waals surface area contributed by atoms with E-state index in [-0.39, 0.29) is 0 Å². The van der Waals surface area contributed by atoms with E-state index in [0.29, 0.717) is 6.04 Å². The highest BCUT2D eigenvalue weighted by Crippen LogP contribution is 2.28. The molecule has 2 heterocycles. The third-order valence-corrected chi connectivity index (χ3v) is 5.33. The molecule has 4 nitrogen and oxygen atoms in total. The van der Waals surface area contributed by atoms with Crippen LogP contribution in [-0.4, -0.2) is 48.6 Å². The van der Waals surface area contributed by atoms with Crippen molar-refractivity contribution in [2.24, 2.45) is 5.92 Å². The van der Waals surface area contributed by atoms with Crippen LogP contribution < -0.4 is 10.2 Å². The van der Waals surface area contributed by atoms with Gasteiger partial charge in [0.15, 0.2) is 0 Å². The van der Waals surface area contributed by atoms with Gasteiger partial charge in [0.25, 0.3) is 0 Å². The third kappa shape index (κ3) is 4.92. The lowest BCUT2D eigenvalue weighted by molar-refractivity contribution is 0.190. The minimum absolute atomic E-state index is 0.482. The van der Waals surface area contributed by atoms with Crippen LogP contribution in [0, 0.1) is 5.92 Å². The number of pyridine rings is 1. The van der Waals surface area contributed by atoms with E-state index in [1.165, 1.54) is 50.9 Å². The third-order valence-electron chi connectivity index (χ3n) is 5.33. The maximum absolute atomic E-state index is 4.62. The monoisotopic (exact) mass is 316 g/mol. The standard InChI is InChI=1S/C19H32N4/c1-15(2)22(3)19-7-6-17(13-21-19)14-23-10-8-18(9-11-23)20-12-16-4-5-16/h6-7,13,15-16,18,20H,4-5,8-12,14H2,1-3H3. The molecule has 0 atom stereocenters. The largest absolute Gasteiger partial charge is 0.357 e. The number of anilines is 1. The number of likely N-dealkylation sites (tertiary alicyclic amines) is 1. The van der Waals surface area contributed by atoms with Gasteiger partial charge in [-0.25, -0.2) is 4.98 Å². The number of hydrogen-bond acceptors (Lipinski definition) is 4. The van der Waals surface area contributed by atoms with Crippen molar-refractivity contribution in [3.8, 4) is 0 Å². The van der Waals surface area contributed by atoms with Gasteiger partial charge < -0.3 is 10.2 Å². The van der Waals surface area contributed by atoms with Crippen LogP contribution in [0.5, 0.6) is 0 Å². The van der Waals surface area contributed by atoms with Gasteiger partial charge in [-0.2, -0.15) is 0 Å². The highest BCUT2D eigenvalue weighted by atomic mass is 15.2. The fourth-order valence-corrected chi connectivity index (χ4v) is 3.19. The van der Waals surface area contributed by atoms with Crippen molar-refractivity contribution in [3.05, 3.63) is 23.9 Å². The van der Waals surface area contributed by atoms with Crippen LogP contribution in [0.2, 0.25) is 0 Å². The van der Waals surface area contributed by atoms with Crippen LogP contribution in [0.25, 0.3) is 0 Å². The molecular weight excluding hydrogens is 284 g/mol. The molecule has 1 aromatic heterocycles. The fraction of sp³-hybridized carbons (Fsp3) is 0.737. The van der Waals surface area contributed by atoms with Crippen molar-refractivity contribution in [1.29, 1.82) is 0 Å². The molecular formula is C19H32N4. The normalized spacial score (nSPS) is 20.2. The van der Waals surface area contributed by atoms with Crippen molar-refractivity contribution < 1.29 is 0 Å². The minimum atomic E-state index is 0.482. The average molecular weight is 316 g/mol. The zero-order valence-electron chi connectivity index (χ0n) is 15.0. The summed E-state index contributed by atoms with van der Waals surface area (Å²) in [5, 5.41) is 3.75. The molecule has 0 radical (unpaired) electrons. The molecule has 0 aromatic carbocycles. The Bertz CT molecular complexity index is 473. The number of aromatic nitrogens is 1. The number of piperidine rings is 1. The number of rotatable bonds is 7. The molecule has 0 unspecified atom stereocenters. The summed E-state index contributed by atoms with van der Waals surface area (Å²) in [5.41, 5.74) is 1.33. The highest BCUT2D eigenvalue weighted by Gasteiger charge is 2.24. The molecule has 1 N–H and O–H groups in total. The van der Waals surface area contributed by atoms with Crippen LogP contribution in [0.1, 0.15) is 45.1 Å². The minimum Gasteiger partial charge on any atom is -0.357 e. The lowest BCUT2D eigenvalue weighted by atomic mass is 10.0. The van der Waals surface area contributed by atoms with Crippen molar-refractivity contribution in [3.63, 3.8) is 0 Å². The molecule has 1 aromatic rings. The first kappa shape index (κ1) is 16.7. The second-order valence-electron chi connectivity index (χ2n) is 7.63. The molecule has 2 fully saturated rings. The van der Waals surface area contributed by atoms with Gasteiger partial charge >= 0.3 is 0 Å². The topological polar surface area (TPSA) is 31.4 Å². The molecule has 2 aliphatic rings. The summed E-state index contributed by atoms with van der Waals surface area (Å²) in [7, 11) is 2.10. The Balaban J connectivity index is 1.42. The molecule has 0 amide bonds. The SMILES string of the molecule is CC(C)N(C)c1ccc(CN2CCC(NCC3CC3)CC2)cn1. The lowest BCUT2D eigenvalue weighted by Gasteiger charge is -2.32. The Morgan fingerprint density at radius 1 is 1.22 bits per heavy atom. The van der Waals surface area contributed by atoms with Crippen LogP contribution in [0.15, 0.2) is 18.3 Å². The number of hydrogen-bond donors (Lipinski definition) is 1. The summed E-state index contributed by atoms with van der Waals surface area (Å²) in [5.74, 6) is 2.05. The van der Waals surface area contributed by atoms with Gasteiger partial charge in [-0.3, -0.25) is 4.90 Å². The van der Waals surface area contributed by atoms with Gasteiger partial charge in [0.05, 0.1) is 0 Å². The van der Waals surface area contributed by atoms with E-state index in [1.54, 1.807) is 0 Å². The fourth-order valence-electron chi connectivity index (χ4n) is 3.19. The summed E-state index contributed by atoms with van der Waals surface area (Å²) in [4.78, 5) is 9.40. The maximum Gasteiger partial charge on any atom is 0.128 e. The van der Waals surface area contributed by atoms with Gasteiger partial charge in [-0.1, -0.05) is 6.07 Å².